The summed E-state index contributed by atoms with van der Waals surface area (Å²) in [5, 5.41) is 3.01. The summed E-state index contributed by atoms with van der Waals surface area (Å²) in [6, 6.07) is 11.5. The van der Waals surface area contributed by atoms with E-state index in [4.69, 9.17) is 5.73 Å². The van der Waals surface area contributed by atoms with Gasteiger partial charge in [-0.2, -0.15) is 0 Å². The molecule has 3 aromatic rings. The highest BCUT2D eigenvalue weighted by Gasteiger charge is 2.38. The number of benzene rings is 2. The first kappa shape index (κ1) is 17.1. The van der Waals surface area contributed by atoms with E-state index in [2.05, 4.69) is 5.32 Å². The fraction of sp³-hybridized carbons (Fsp3) is 0.111. The highest BCUT2D eigenvalue weighted by molar-refractivity contribution is 7.97. The van der Waals surface area contributed by atoms with E-state index in [-0.39, 0.29) is 16.3 Å². The van der Waals surface area contributed by atoms with E-state index < -0.39 is 20.6 Å². The van der Waals surface area contributed by atoms with Gasteiger partial charge in [0.2, 0.25) is 9.84 Å². The van der Waals surface area contributed by atoms with E-state index in [1.807, 2.05) is 0 Å². The zero-order valence-electron chi connectivity index (χ0n) is 14.6. The monoisotopic (exact) mass is 384 g/mol. The molecule has 0 spiro atoms. The van der Waals surface area contributed by atoms with Crippen LogP contribution in [0.4, 0.5) is 5.69 Å². The number of hydrogen-bond acceptors (Lipinski definition) is 5. The quantitative estimate of drug-likeness (QED) is 0.697. The molecule has 0 saturated heterocycles. The molecule has 27 heavy (non-hydrogen) atoms. The summed E-state index contributed by atoms with van der Waals surface area (Å²) in [7, 11) is -0.662. The van der Waals surface area contributed by atoms with Gasteiger partial charge in [0.15, 0.2) is 4.91 Å². The van der Waals surface area contributed by atoms with Gasteiger partial charge in [0.25, 0.3) is 5.91 Å². The molecule has 0 atom stereocenters. The molecule has 8 nitrogen and oxygen atoms in total. The van der Waals surface area contributed by atoms with Gasteiger partial charge in [0.1, 0.15) is 0 Å². The van der Waals surface area contributed by atoms with Crippen LogP contribution >= 0.6 is 0 Å². The van der Waals surface area contributed by atoms with Gasteiger partial charge >= 0.3 is 5.69 Å². The van der Waals surface area contributed by atoms with E-state index >= 15 is 0 Å². The Labute approximate surface area is 154 Å². The van der Waals surface area contributed by atoms with E-state index in [9.17, 15) is 18.0 Å². The van der Waals surface area contributed by atoms with Crippen LogP contribution in [0.3, 0.4) is 0 Å². The van der Waals surface area contributed by atoms with Crippen LogP contribution in [0.2, 0.25) is 0 Å². The summed E-state index contributed by atoms with van der Waals surface area (Å²) in [6.45, 7) is 0. The summed E-state index contributed by atoms with van der Waals surface area (Å²) in [6.07, 6.45) is 0. The largest absolute Gasteiger partial charge is 0.365 e. The second-order valence-corrected chi connectivity index (χ2v) is 8.15. The Bertz CT molecular complexity index is 1330. The molecule has 0 unspecified atom stereocenters. The van der Waals surface area contributed by atoms with Crippen LogP contribution in [-0.2, 0) is 28.7 Å². The molecule has 0 fully saturated rings. The summed E-state index contributed by atoms with van der Waals surface area (Å²) >= 11 is 0. The van der Waals surface area contributed by atoms with Crippen molar-refractivity contribution in [2.75, 3.05) is 5.32 Å². The average Bonchev–Trinajstić information content (AvgIpc) is 2.99. The molecule has 138 valence electrons. The van der Waals surface area contributed by atoms with E-state index in [0.29, 0.717) is 16.8 Å². The first-order chi connectivity index (χ1) is 12.7. The number of nitrogens with one attached hydrogen (secondary N) is 1. The van der Waals surface area contributed by atoms with Crippen molar-refractivity contribution in [3.05, 3.63) is 63.4 Å². The summed E-state index contributed by atoms with van der Waals surface area (Å²) in [4.78, 5) is 23.6. The second-order valence-electron chi connectivity index (χ2n) is 6.30. The third-order valence-corrected chi connectivity index (χ3v) is 6.58. The number of amides is 1. The van der Waals surface area contributed by atoms with Gasteiger partial charge in [-0.1, -0.05) is 18.2 Å². The van der Waals surface area contributed by atoms with Gasteiger partial charge in [0, 0.05) is 25.3 Å². The number of hydrogen-bond donors (Lipinski definition) is 2. The Morgan fingerprint density at radius 2 is 1.70 bits per heavy atom. The molecule has 2 aromatic carbocycles. The number of primary amides is 1. The van der Waals surface area contributed by atoms with Gasteiger partial charge in [-0.15, -0.1) is 0 Å². The maximum atomic E-state index is 12.7. The van der Waals surface area contributed by atoms with Crippen molar-refractivity contribution in [2.45, 2.75) is 4.90 Å². The fourth-order valence-corrected chi connectivity index (χ4v) is 5.01. The Morgan fingerprint density at radius 3 is 2.41 bits per heavy atom. The van der Waals surface area contributed by atoms with Gasteiger partial charge in [0.05, 0.1) is 21.6 Å². The lowest BCUT2D eigenvalue weighted by atomic mass is 10.1. The molecular formula is C18H16N4O4S. The number of carbonyl (C=O) groups excluding carboxylic acids is 1. The van der Waals surface area contributed by atoms with Crippen LogP contribution in [0.15, 0.2) is 57.1 Å². The number of sulfone groups is 1. The number of nitrogens with zero attached hydrogens (tertiary/aromatic N) is 2. The number of imidazole rings is 1. The number of aryl methyl sites for hydroxylation is 2. The van der Waals surface area contributed by atoms with Crippen molar-refractivity contribution in [3.63, 3.8) is 0 Å². The molecule has 1 aliphatic heterocycles. The normalized spacial score (nSPS) is 15.2. The van der Waals surface area contributed by atoms with Crippen molar-refractivity contribution in [3.8, 4) is 0 Å². The first-order valence-corrected chi connectivity index (χ1v) is 9.53. The summed E-state index contributed by atoms with van der Waals surface area (Å²) < 4.78 is 28.4. The molecule has 1 aromatic heterocycles. The number of aromatic nitrogens is 2. The minimum atomic E-state index is -3.98. The zero-order valence-corrected chi connectivity index (χ0v) is 15.4. The third-order valence-electron chi connectivity index (χ3n) is 4.71. The highest BCUT2D eigenvalue weighted by atomic mass is 32.2. The van der Waals surface area contributed by atoms with E-state index in [1.54, 1.807) is 50.5 Å². The molecular weight excluding hydrogens is 368 g/mol. The predicted molar refractivity (Wildman–Crippen MR) is 102 cm³/mol. The Morgan fingerprint density at radius 1 is 1.04 bits per heavy atom. The molecule has 0 radical (unpaired) electrons. The van der Waals surface area contributed by atoms with Gasteiger partial charge in [-0.05, 0) is 24.3 Å². The molecule has 1 aliphatic rings. The SMILES string of the molecule is Cn1c(=O)n(C)c2cc(NC3=C(C(N)=O)S(=O)(=O)c4ccccc43)ccc21. The molecule has 9 heteroatoms. The number of fused-ring (bicyclic) bond motifs is 2. The van der Waals surface area contributed by atoms with Crippen LogP contribution in [0, 0.1) is 0 Å². The molecule has 3 N–H and O–H groups in total. The van der Waals surface area contributed by atoms with Crippen molar-refractivity contribution >= 4 is 38.2 Å². The Balaban J connectivity index is 1.92. The molecule has 0 aliphatic carbocycles. The smallest absolute Gasteiger partial charge is 0.328 e. The minimum Gasteiger partial charge on any atom is -0.365 e. The van der Waals surface area contributed by atoms with Crippen LogP contribution in [0.5, 0.6) is 0 Å². The van der Waals surface area contributed by atoms with Crippen molar-refractivity contribution in [2.24, 2.45) is 19.8 Å². The molecule has 1 amide bonds. The zero-order chi connectivity index (χ0) is 19.5. The minimum absolute atomic E-state index is 0.0366. The van der Waals surface area contributed by atoms with Crippen LogP contribution in [0.1, 0.15) is 5.56 Å². The standard InChI is InChI=1S/C18H16N4O4S/c1-21-12-8-7-10(9-13(12)22(2)18(21)24)20-15-11-5-3-4-6-14(11)27(25,26)16(15)17(19)23/h3-9,20H,1-2H3,(H2,19,23). The first-order valence-electron chi connectivity index (χ1n) is 8.04. The van der Waals surface area contributed by atoms with Crippen molar-refractivity contribution in [1.29, 1.82) is 0 Å². The van der Waals surface area contributed by atoms with Gasteiger partial charge < -0.3 is 11.1 Å². The van der Waals surface area contributed by atoms with Gasteiger partial charge in [-0.3, -0.25) is 13.9 Å². The maximum Gasteiger partial charge on any atom is 0.328 e. The number of rotatable bonds is 3. The third kappa shape index (κ3) is 2.32. The van der Waals surface area contributed by atoms with Crippen LogP contribution in [0.25, 0.3) is 16.7 Å². The summed E-state index contributed by atoms with van der Waals surface area (Å²) in [5.74, 6) is -1.03. The lowest BCUT2D eigenvalue weighted by Gasteiger charge is -2.10. The van der Waals surface area contributed by atoms with E-state index in [1.165, 1.54) is 15.2 Å². The maximum absolute atomic E-state index is 12.7. The van der Waals surface area contributed by atoms with Crippen molar-refractivity contribution < 1.29 is 13.2 Å². The van der Waals surface area contributed by atoms with Gasteiger partial charge in [-0.25, -0.2) is 13.2 Å². The number of carbonyl (C=O) groups is 1. The molecule has 4 rings (SSSR count). The number of anilines is 1. The molecule has 2 heterocycles. The Hall–Kier alpha value is -3.33. The lowest BCUT2D eigenvalue weighted by molar-refractivity contribution is -0.113. The topological polar surface area (TPSA) is 116 Å². The average molecular weight is 384 g/mol. The lowest BCUT2D eigenvalue weighted by Crippen LogP contribution is -2.20. The van der Waals surface area contributed by atoms with Crippen LogP contribution < -0.4 is 16.7 Å². The number of nitrogens with two attached hydrogens (primary N) is 1. The van der Waals surface area contributed by atoms with Crippen LogP contribution in [-0.4, -0.2) is 23.5 Å². The molecule has 0 saturated carbocycles. The fourth-order valence-electron chi connectivity index (χ4n) is 3.38. The summed E-state index contributed by atoms with van der Waals surface area (Å²) in [5.41, 5.74) is 7.65. The Kier molecular flexibility index (Phi) is 3.54. The highest BCUT2D eigenvalue weighted by Crippen LogP contribution is 2.39. The molecule has 0 bridgehead atoms. The second kappa shape index (κ2) is 5.58. The van der Waals surface area contributed by atoms with E-state index in [0.717, 1.165) is 5.52 Å². The van der Waals surface area contributed by atoms with Crippen molar-refractivity contribution in [1.82, 2.24) is 9.13 Å². The predicted octanol–water partition coefficient (Wildman–Crippen LogP) is 0.930.